The van der Waals surface area contributed by atoms with E-state index in [9.17, 15) is 9.90 Å². The molecule has 0 aliphatic heterocycles. The summed E-state index contributed by atoms with van der Waals surface area (Å²) in [6.07, 6.45) is 9.13. The first-order valence-corrected chi connectivity index (χ1v) is 7.78. The number of hydrogen-bond acceptors (Lipinski definition) is 2. The molecule has 0 amide bonds. The number of aliphatic carboxylic acids is 1. The lowest BCUT2D eigenvalue weighted by molar-refractivity contribution is -0.139. The number of carbonyl (C=O) groups is 1. The van der Waals surface area contributed by atoms with E-state index in [1.54, 1.807) is 0 Å². The molecule has 2 N–H and O–H groups in total. The van der Waals surface area contributed by atoms with Crippen LogP contribution in [0.4, 0.5) is 0 Å². The Morgan fingerprint density at radius 1 is 1.15 bits per heavy atom. The van der Waals surface area contributed by atoms with E-state index in [1.165, 1.54) is 38.5 Å². The van der Waals surface area contributed by atoms with Gasteiger partial charge in [-0.15, -0.1) is 0 Å². The van der Waals surface area contributed by atoms with E-state index in [2.05, 4.69) is 5.32 Å². The molecule has 0 heterocycles. The summed E-state index contributed by atoms with van der Waals surface area (Å²) in [5.41, 5.74) is 0.834. The average Bonchev–Trinajstić information content (AvgIpc) is 2.73. The molecule has 20 heavy (non-hydrogen) atoms. The molecule has 110 valence electrons. The van der Waals surface area contributed by atoms with Crippen molar-refractivity contribution in [2.75, 3.05) is 6.54 Å². The Morgan fingerprint density at radius 3 is 2.40 bits per heavy atom. The van der Waals surface area contributed by atoms with Crippen molar-refractivity contribution in [2.45, 2.75) is 51.0 Å². The van der Waals surface area contributed by atoms with Gasteiger partial charge in [0, 0.05) is 0 Å². The highest BCUT2D eigenvalue weighted by Gasteiger charge is 2.19. The maximum absolute atomic E-state index is 11.4. The molecule has 3 heteroatoms. The standard InChI is InChI=1S/C17H25NO2/c19-17(20)16(15-10-6-3-7-11-15)18-13-12-14-8-4-1-2-5-9-14/h3,6-7,10-11,14,16,18H,1-2,4-5,8-9,12-13H2,(H,19,20)/t16-/m1/s1. The number of hydrogen-bond donors (Lipinski definition) is 2. The van der Waals surface area contributed by atoms with Gasteiger partial charge >= 0.3 is 5.97 Å². The Bertz CT molecular complexity index is 397. The molecule has 2 rings (SSSR count). The lowest BCUT2D eigenvalue weighted by Crippen LogP contribution is -2.30. The first-order chi connectivity index (χ1) is 9.77. The van der Waals surface area contributed by atoms with Crippen LogP contribution in [0.5, 0.6) is 0 Å². The summed E-state index contributed by atoms with van der Waals surface area (Å²) in [5, 5.41) is 12.5. The van der Waals surface area contributed by atoms with Crippen LogP contribution in [0, 0.1) is 5.92 Å². The normalized spacial score (nSPS) is 18.4. The van der Waals surface area contributed by atoms with Crippen LogP contribution >= 0.6 is 0 Å². The van der Waals surface area contributed by atoms with Crippen molar-refractivity contribution in [3.05, 3.63) is 35.9 Å². The fourth-order valence-electron chi connectivity index (χ4n) is 3.08. The number of carboxylic acid groups (broad SMARTS) is 1. The van der Waals surface area contributed by atoms with Gasteiger partial charge in [-0.3, -0.25) is 4.79 Å². The zero-order valence-electron chi connectivity index (χ0n) is 12.1. The third-order valence-electron chi connectivity index (χ3n) is 4.26. The summed E-state index contributed by atoms with van der Waals surface area (Å²) >= 11 is 0. The molecule has 0 radical (unpaired) electrons. The van der Waals surface area contributed by atoms with Crippen molar-refractivity contribution in [3.63, 3.8) is 0 Å². The fraction of sp³-hybridized carbons (Fsp3) is 0.588. The molecular weight excluding hydrogens is 250 g/mol. The van der Waals surface area contributed by atoms with E-state index in [-0.39, 0.29) is 0 Å². The van der Waals surface area contributed by atoms with Crippen LogP contribution in [-0.4, -0.2) is 17.6 Å². The highest BCUT2D eigenvalue weighted by atomic mass is 16.4. The van der Waals surface area contributed by atoms with Crippen LogP contribution in [-0.2, 0) is 4.79 Å². The van der Waals surface area contributed by atoms with Gasteiger partial charge in [0.2, 0.25) is 0 Å². The Kier molecular flexibility index (Phi) is 6.06. The molecule has 0 aromatic heterocycles. The van der Waals surface area contributed by atoms with Gasteiger partial charge in [0.1, 0.15) is 6.04 Å². The minimum Gasteiger partial charge on any atom is -0.480 e. The second-order valence-electron chi connectivity index (χ2n) is 5.78. The average molecular weight is 275 g/mol. The van der Waals surface area contributed by atoms with Crippen LogP contribution in [0.3, 0.4) is 0 Å². The Morgan fingerprint density at radius 2 is 1.80 bits per heavy atom. The highest BCUT2D eigenvalue weighted by molar-refractivity contribution is 5.75. The monoisotopic (exact) mass is 275 g/mol. The Labute approximate surface area is 121 Å². The van der Waals surface area contributed by atoms with Crippen molar-refractivity contribution in [1.82, 2.24) is 5.32 Å². The number of nitrogens with one attached hydrogen (secondary N) is 1. The van der Waals surface area contributed by atoms with Crippen molar-refractivity contribution in [2.24, 2.45) is 5.92 Å². The van der Waals surface area contributed by atoms with Gasteiger partial charge in [0.15, 0.2) is 0 Å². The highest BCUT2D eigenvalue weighted by Crippen LogP contribution is 2.25. The zero-order chi connectivity index (χ0) is 14.2. The second kappa shape index (κ2) is 8.05. The molecule has 1 aliphatic rings. The van der Waals surface area contributed by atoms with E-state index in [1.807, 2.05) is 30.3 Å². The molecule has 0 saturated heterocycles. The predicted molar refractivity (Wildman–Crippen MR) is 80.6 cm³/mol. The minimum atomic E-state index is -0.794. The molecule has 1 aromatic rings. The van der Waals surface area contributed by atoms with Gasteiger partial charge in [0.05, 0.1) is 0 Å². The van der Waals surface area contributed by atoms with Gasteiger partial charge in [-0.25, -0.2) is 0 Å². The third kappa shape index (κ3) is 4.64. The number of carboxylic acids is 1. The molecule has 0 unspecified atom stereocenters. The number of benzene rings is 1. The van der Waals surface area contributed by atoms with Crippen LogP contribution in [0.25, 0.3) is 0 Å². The molecule has 1 aromatic carbocycles. The smallest absolute Gasteiger partial charge is 0.325 e. The zero-order valence-corrected chi connectivity index (χ0v) is 12.1. The van der Waals surface area contributed by atoms with E-state index < -0.39 is 12.0 Å². The van der Waals surface area contributed by atoms with Crippen LogP contribution in [0.2, 0.25) is 0 Å². The molecule has 1 atom stereocenters. The fourth-order valence-corrected chi connectivity index (χ4v) is 3.08. The van der Waals surface area contributed by atoms with Gasteiger partial charge in [-0.2, -0.15) is 0 Å². The van der Waals surface area contributed by atoms with Crippen molar-refractivity contribution >= 4 is 5.97 Å². The van der Waals surface area contributed by atoms with Crippen LogP contribution in [0.15, 0.2) is 30.3 Å². The van der Waals surface area contributed by atoms with Crippen LogP contribution < -0.4 is 5.32 Å². The summed E-state index contributed by atoms with van der Waals surface area (Å²) in [6, 6.07) is 8.85. The lowest BCUT2D eigenvalue weighted by atomic mass is 9.96. The first-order valence-electron chi connectivity index (χ1n) is 7.78. The van der Waals surface area contributed by atoms with E-state index in [0.717, 1.165) is 24.4 Å². The van der Waals surface area contributed by atoms with Crippen molar-refractivity contribution < 1.29 is 9.90 Å². The Balaban J connectivity index is 1.82. The van der Waals surface area contributed by atoms with E-state index in [0.29, 0.717) is 0 Å². The maximum atomic E-state index is 11.4. The molecule has 1 aliphatic carbocycles. The molecule has 0 bridgehead atoms. The van der Waals surface area contributed by atoms with E-state index in [4.69, 9.17) is 0 Å². The van der Waals surface area contributed by atoms with Gasteiger partial charge in [-0.05, 0) is 24.4 Å². The van der Waals surface area contributed by atoms with Gasteiger partial charge < -0.3 is 10.4 Å². The first kappa shape index (κ1) is 15.0. The Hall–Kier alpha value is -1.35. The van der Waals surface area contributed by atoms with Gasteiger partial charge in [-0.1, -0.05) is 68.9 Å². The molecule has 1 saturated carbocycles. The molecule has 1 fully saturated rings. The lowest BCUT2D eigenvalue weighted by Gasteiger charge is -2.18. The quantitative estimate of drug-likeness (QED) is 0.777. The summed E-state index contributed by atoms with van der Waals surface area (Å²) in [4.78, 5) is 11.4. The van der Waals surface area contributed by atoms with Crippen molar-refractivity contribution in [1.29, 1.82) is 0 Å². The summed E-state index contributed by atoms with van der Waals surface area (Å²) in [5.74, 6) is -0.0210. The van der Waals surface area contributed by atoms with E-state index >= 15 is 0 Å². The summed E-state index contributed by atoms with van der Waals surface area (Å²) in [7, 11) is 0. The third-order valence-corrected chi connectivity index (χ3v) is 4.26. The number of rotatable bonds is 6. The molecule has 3 nitrogen and oxygen atoms in total. The van der Waals surface area contributed by atoms with Crippen molar-refractivity contribution in [3.8, 4) is 0 Å². The topological polar surface area (TPSA) is 49.3 Å². The van der Waals surface area contributed by atoms with Gasteiger partial charge in [0.25, 0.3) is 0 Å². The molecular formula is C17H25NO2. The SMILES string of the molecule is O=C(O)[C@H](NCCC1CCCCCC1)c1ccccc1. The van der Waals surface area contributed by atoms with Crippen LogP contribution in [0.1, 0.15) is 56.6 Å². The maximum Gasteiger partial charge on any atom is 0.325 e. The molecule has 0 spiro atoms. The second-order valence-corrected chi connectivity index (χ2v) is 5.78. The minimum absolute atomic E-state index is 0.582. The predicted octanol–water partition coefficient (Wildman–Crippen LogP) is 3.76. The summed E-state index contributed by atoms with van der Waals surface area (Å²) < 4.78 is 0. The summed E-state index contributed by atoms with van der Waals surface area (Å²) in [6.45, 7) is 0.788. The largest absolute Gasteiger partial charge is 0.480 e.